The van der Waals surface area contributed by atoms with E-state index >= 15 is 0 Å². The third-order valence-corrected chi connectivity index (χ3v) is 8.73. The number of benzene rings is 1. The van der Waals surface area contributed by atoms with Crippen LogP contribution in [0.2, 0.25) is 0 Å². The molecule has 1 aromatic carbocycles. The number of nitrogens with one attached hydrogen (secondary N) is 1. The van der Waals surface area contributed by atoms with Crippen molar-refractivity contribution in [2.75, 3.05) is 0 Å². The highest BCUT2D eigenvalue weighted by Gasteiger charge is 2.68. The van der Waals surface area contributed by atoms with Gasteiger partial charge in [0.25, 0.3) is 0 Å². The Kier molecular flexibility index (Phi) is 8.13. The van der Waals surface area contributed by atoms with E-state index in [4.69, 9.17) is 0 Å². The van der Waals surface area contributed by atoms with E-state index in [1.165, 1.54) is 26.0 Å². The average molecular weight is 510 g/mol. The number of hydrogen-bond acceptors (Lipinski definition) is 5. The van der Waals surface area contributed by atoms with Gasteiger partial charge in [0.15, 0.2) is 5.78 Å². The highest BCUT2D eigenvalue weighted by atomic mass is 16.3. The molecular formula is C30H39NO6. The van der Waals surface area contributed by atoms with Crippen LogP contribution in [-0.2, 0) is 20.8 Å². The summed E-state index contributed by atoms with van der Waals surface area (Å²) in [6, 6.07) is 9.58. The molecule has 0 unspecified atom stereocenters. The van der Waals surface area contributed by atoms with Crippen LogP contribution < -0.4 is 5.32 Å². The van der Waals surface area contributed by atoms with Gasteiger partial charge in [-0.2, -0.15) is 0 Å². The van der Waals surface area contributed by atoms with Gasteiger partial charge in [0, 0.05) is 23.8 Å². The van der Waals surface area contributed by atoms with Crippen molar-refractivity contribution < 1.29 is 30.1 Å². The van der Waals surface area contributed by atoms with Crippen LogP contribution in [0, 0.1) is 35.0 Å². The summed E-state index contributed by atoms with van der Waals surface area (Å²) in [6.45, 7) is 10.8. The van der Waals surface area contributed by atoms with Gasteiger partial charge in [-0.25, -0.2) is 0 Å². The lowest BCUT2D eigenvalue weighted by molar-refractivity contribution is -0.147. The van der Waals surface area contributed by atoms with Gasteiger partial charge < -0.3 is 21.0 Å². The van der Waals surface area contributed by atoms with Crippen molar-refractivity contribution in [1.82, 2.24) is 5.32 Å². The van der Waals surface area contributed by atoms with E-state index in [1.807, 2.05) is 37.3 Å². The molecule has 4 rings (SSSR count). The van der Waals surface area contributed by atoms with E-state index in [2.05, 4.69) is 11.9 Å². The second-order valence-electron chi connectivity index (χ2n) is 11.1. The van der Waals surface area contributed by atoms with Gasteiger partial charge in [-0.05, 0) is 49.8 Å². The minimum atomic E-state index is -1.78. The number of Topliss-reactive ketones (excluding diaryl/α,β-unsaturated/α-hetero) is 2. The molecule has 1 aliphatic heterocycles. The lowest BCUT2D eigenvalue weighted by Gasteiger charge is -2.52. The Morgan fingerprint density at radius 3 is 2.43 bits per heavy atom. The third-order valence-electron chi connectivity index (χ3n) is 8.73. The SMILES string of the molecule is C=C1[C@@H](C)[C@H]2[C@@H](Cc3ccccc3)NC(=O)[C@]23[C@H](C(C)=O)/C=C/[C@@](C)(O)C(=O)[C@@H](C)C/C=C/[C@H]3[C@@H]1O.O. The molecule has 7 heteroatoms. The summed E-state index contributed by atoms with van der Waals surface area (Å²) in [4.78, 5) is 40.3. The summed E-state index contributed by atoms with van der Waals surface area (Å²) >= 11 is 0. The van der Waals surface area contributed by atoms with Crippen molar-refractivity contribution in [2.45, 2.75) is 58.3 Å². The molecule has 1 saturated heterocycles. The Labute approximate surface area is 218 Å². The molecule has 5 N–H and O–H groups in total. The predicted molar refractivity (Wildman–Crippen MR) is 141 cm³/mol. The number of aliphatic hydroxyl groups is 2. The standard InChI is InChI=1S/C30H37NO5.H2O/c1-17-10-9-13-23-26(33)19(3)18(2)25-24(16-21-11-7-6-8-12-21)31-28(35)30(23,25)22(20(4)32)14-15-29(5,36)27(17)34;/h6-9,11-15,17-18,22-26,33,36H,3,10,16H2,1-2,4-5H3,(H,31,35);1H2/b13-9+,15-14+;/t17-,18+,22-,23-,24+,25-,26+,29+,30-;/m0./s1. The first-order chi connectivity index (χ1) is 16.9. The summed E-state index contributed by atoms with van der Waals surface area (Å²) in [5.74, 6) is -3.64. The number of hydrogen-bond donors (Lipinski definition) is 3. The molecule has 2 fully saturated rings. The highest BCUT2D eigenvalue weighted by Crippen LogP contribution is 2.60. The minimum absolute atomic E-state index is 0. The number of aliphatic hydroxyl groups excluding tert-OH is 1. The summed E-state index contributed by atoms with van der Waals surface area (Å²) in [6.07, 6.45) is 6.38. The molecule has 3 aliphatic rings. The molecule has 0 bridgehead atoms. The van der Waals surface area contributed by atoms with Crippen LogP contribution in [0.5, 0.6) is 0 Å². The van der Waals surface area contributed by atoms with Gasteiger partial charge in [-0.3, -0.25) is 14.4 Å². The second kappa shape index (κ2) is 10.5. The molecular weight excluding hydrogens is 470 g/mol. The maximum atomic E-state index is 14.1. The Hall–Kier alpha value is -2.87. The molecule has 9 atom stereocenters. The number of amides is 1. The van der Waals surface area contributed by atoms with Crippen LogP contribution in [0.3, 0.4) is 0 Å². The Morgan fingerprint density at radius 2 is 1.81 bits per heavy atom. The highest BCUT2D eigenvalue weighted by molar-refractivity contribution is 5.96. The van der Waals surface area contributed by atoms with E-state index in [1.54, 1.807) is 19.1 Å². The van der Waals surface area contributed by atoms with E-state index in [9.17, 15) is 24.6 Å². The largest absolute Gasteiger partial charge is 0.412 e. The molecule has 1 spiro atoms. The number of rotatable bonds is 3. The Bertz CT molecular complexity index is 1120. The quantitative estimate of drug-likeness (QED) is 0.538. The first-order valence-electron chi connectivity index (χ1n) is 12.8. The molecule has 37 heavy (non-hydrogen) atoms. The fraction of sp³-hybridized carbons (Fsp3) is 0.500. The zero-order valence-electron chi connectivity index (χ0n) is 22.0. The van der Waals surface area contributed by atoms with E-state index in [0.29, 0.717) is 18.4 Å². The van der Waals surface area contributed by atoms with Gasteiger partial charge in [0.05, 0.1) is 17.4 Å². The van der Waals surface area contributed by atoms with Gasteiger partial charge in [0.1, 0.15) is 11.4 Å². The smallest absolute Gasteiger partial charge is 0.228 e. The van der Waals surface area contributed by atoms with Crippen LogP contribution in [-0.4, -0.2) is 50.9 Å². The van der Waals surface area contributed by atoms with Crippen molar-refractivity contribution in [2.24, 2.45) is 35.0 Å². The topological polar surface area (TPSA) is 135 Å². The molecule has 0 aromatic heterocycles. The van der Waals surface area contributed by atoms with Crippen molar-refractivity contribution in [3.05, 3.63) is 72.4 Å². The van der Waals surface area contributed by atoms with Gasteiger partial charge in [-0.1, -0.05) is 69.0 Å². The van der Waals surface area contributed by atoms with E-state index in [0.717, 1.165) is 5.56 Å². The molecule has 0 radical (unpaired) electrons. The molecule has 2 aliphatic carbocycles. The van der Waals surface area contributed by atoms with Crippen LogP contribution >= 0.6 is 0 Å². The lowest BCUT2D eigenvalue weighted by Crippen LogP contribution is -2.59. The number of allylic oxidation sites excluding steroid dienone is 2. The van der Waals surface area contributed by atoms with Crippen molar-refractivity contribution in [3.63, 3.8) is 0 Å². The zero-order valence-corrected chi connectivity index (χ0v) is 22.0. The fourth-order valence-electron chi connectivity index (χ4n) is 6.89. The minimum Gasteiger partial charge on any atom is -0.412 e. The number of carbonyl (C=O) groups is 3. The van der Waals surface area contributed by atoms with Crippen LogP contribution in [0.15, 0.2) is 66.8 Å². The molecule has 1 amide bonds. The van der Waals surface area contributed by atoms with E-state index in [-0.39, 0.29) is 40.8 Å². The van der Waals surface area contributed by atoms with Crippen molar-refractivity contribution >= 4 is 17.5 Å². The van der Waals surface area contributed by atoms with Gasteiger partial charge in [-0.15, -0.1) is 0 Å². The van der Waals surface area contributed by atoms with Crippen LogP contribution in [0.1, 0.15) is 39.7 Å². The summed E-state index contributed by atoms with van der Waals surface area (Å²) < 4.78 is 0. The average Bonchev–Trinajstić information content (AvgIpc) is 3.10. The first kappa shape index (κ1) is 28.7. The normalized spacial score (nSPS) is 41.4. The van der Waals surface area contributed by atoms with Gasteiger partial charge in [0.2, 0.25) is 5.91 Å². The maximum absolute atomic E-state index is 14.1. The summed E-state index contributed by atoms with van der Waals surface area (Å²) in [7, 11) is 0. The van der Waals surface area contributed by atoms with Crippen molar-refractivity contribution in [1.29, 1.82) is 0 Å². The Morgan fingerprint density at radius 1 is 1.16 bits per heavy atom. The molecule has 200 valence electrons. The third kappa shape index (κ3) is 4.65. The molecule has 1 heterocycles. The fourth-order valence-corrected chi connectivity index (χ4v) is 6.89. The number of carbonyl (C=O) groups excluding carboxylic acids is 3. The first-order valence-corrected chi connectivity index (χ1v) is 12.8. The molecule has 7 nitrogen and oxygen atoms in total. The maximum Gasteiger partial charge on any atom is 0.228 e. The summed E-state index contributed by atoms with van der Waals surface area (Å²) in [5, 5.41) is 25.6. The summed E-state index contributed by atoms with van der Waals surface area (Å²) in [5.41, 5.74) is -1.39. The Balaban J connectivity index is 0.00000380. The van der Waals surface area contributed by atoms with Gasteiger partial charge >= 0.3 is 0 Å². The number of ketones is 2. The zero-order chi connectivity index (χ0) is 26.4. The monoisotopic (exact) mass is 509 g/mol. The van der Waals surface area contributed by atoms with Crippen LogP contribution in [0.4, 0.5) is 0 Å². The molecule has 1 aromatic rings. The lowest BCUT2D eigenvalue weighted by atomic mass is 9.49. The van der Waals surface area contributed by atoms with Crippen molar-refractivity contribution in [3.8, 4) is 0 Å². The predicted octanol–water partition coefficient (Wildman–Crippen LogP) is 2.37. The van der Waals surface area contributed by atoms with E-state index < -0.39 is 34.9 Å². The molecule has 1 saturated carbocycles. The second-order valence-corrected chi connectivity index (χ2v) is 11.1. The van der Waals surface area contributed by atoms with Crippen LogP contribution in [0.25, 0.3) is 0 Å².